The Morgan fingerprint density at radius 2 is 2.00 bits per heavy atom. The number of benzene rings is 1. The quantitative estimate of drug-likeness (QED) is 0.768. The number of ketones is 1. The molecule has 0 radical (unpaired) electrons. The molecule has 0 amide bonds. The number of aromatic carboxylic acids is 1. The molecule has 1 aromatic rings. The summed E-state index contributed by atoms with van der Waals surface area (Å²) in [5.74, 6) is -0.228. The molecular weight excluding hydrogens is 300 g/mol. The number of hydrogen-bond donors (Lipinski definition) is 1. The van der Waals surface area contributed by atoms with E-state index >= 15 is 0 Å². The lowest BCUT2D eigenvalue weighted by atomic mass is 10.0. The van der Waals surface area contributed by atoms with Crippen molar-refractivity contribution in [1.82, 2.24) is 0 Å². The predicted molar refractivity (Wildman–Crippen MR) is 88.2 cm³/mol. The van der Waals surface area contributed by atoms with Gasteiger partial charge in [0.05, 0.1) is 23.5 Å². The molecule has 0 saturated heterocycles. The molecule has 0 atom stereocenters. The highest BCUT2D eigenvalue weighted by Crippen LogP contribution is 2.30. The number of carbonyl (C=O) groups is 2. The van der Waals surface area contributed by atoms with Crippen LogP contribution < -0.4 is 4.74 Å². The first-order valence-corrected chi connectivity index (χ1v) is 8.81. The molecule has 1 aliphatic rings. The number of ether oxygens (including phenoxy) is 1. The Labute approximate surface area is 135 Å². The van der Waals surface area contributed by atoms with Crippen LogP contribution in [0.4, 0.5) is 0 Å². The van der Waals surface area contributed by atoms with Gasteiger partial charge in [-0.2, -0.15) is 11.8 Å². The number of thioether (sulfide) groups is 1. The molecule has 0 unspecified atom stereocenters. The van der Waals surface area contributed by atoms with Gasteiger partial charge in [-0.15, -0.1) is 0 Å². The van der Waals surface area contributed by atoms with Crippen LogP contribution in [0.2, 0.25) is 0 Å². The van der Waals surface area contributed by atoms with E-state index in [1.165, 1.54) is 44.2 Å². The molecule has 0 spiro atoms. The molecule has 1 fully saturated rings. The van der Waals surface area contributed by atoms with Gasteiger partial charge >= 0.3 is 5.97 Å². The van der Waals surface area contributed by atoms with Gasteiger partial charge in [0, 0.05) is 5.25 Å². The van der Waals surface area contributed by atoms with Crippen LogP contribution in [0.3, 0.4) is 0 Å². The normalized spacial score (nSPS) is 15.5. The summed E-state index contributed by atoms with van der Waals surface area (Å²) < 4.78 is 5.46. The molecule has 5 heteroatoms. The third-order valence-corrected chi connectivity index (χ3v) is 5.20. The Morgan fingerprint density at radius 1 is 1.27 bits per heavy atom. The lowest BCUT2D eigenvalue weighted by molar-refractivity contribution is 0.0697. The van der Waals surface area contributed by atoms with Crippen LogP contribution in [0.5, 0.6) is 5.75 Å². The summed E-state index contributed by atoms with van der Waals surface area (Å²) in [4.78, 5) is 23.6. The lowest BCUT2D eigenvalue weighted by Gasteiger charge is -2.20. The molecule has 0 aromatic heterocycles. The van der Waals surface area contributed by atoms with E-state index in [0.29, 0.717) is 28.9 Å². The van der Waals surface area contributed by atoms with Gasteiger partial charge in [0.1, 0.15) is 5.75 Å². The lowest BCUT2D eigenvalue weighted by Crippen LogP contribution is -2.13. The molecule has 0 bridgehead atoms. The van der Waals surface area contributed by atoms with Crippen molar-refractivity contribution in [2.45, 2.75) is 44.3 Å². The fourth-order valence-electron chi connectivity index (χ4n) is 2.67. The van der Waals surface area contributed by atoms with E-state index in [-0.39, 0.29) is 11.3 Å². The van der Waals surface area contributed by atoms with Gasteiger partial charge in [0.15, 0.2) is 5.78 Å². The second-order valence-electron chi connectivity index (χ2n) is 5.44. The van der Waals surface area contributed by atoms with Crippen molar-refractivity contribution in [1.29, 1.82) is 0 Å². The zero-order valence-electron chi connectivity index (χ0n) is 12.8. The molecule has 22 heavy (non-hydrogen) atoms. The first-order chi connectivity index (χ1) is 10.6. The van der Waals surface area contributed by atoms with E-state index in [0.717, 1.165) is 0 Å². The molecule has 1 N–H and O–H groups in total. The van der Waals surface area contributed by atoms with Gasteiger partial charge in [0.25, 0.3) is 0 Å². The van der Waals surface area contributed by atoms with Crippen molar-refractivity contribution in [2.75, 3.05) is 12.4 Å². The smallest absolute Gasteiger partial charge is 0.335 e. The van der Waals surface area contributed by atoms with Gasteiger partial charge in [-0.25, -0.2) is 4.79 Å². The molecule has 1 saturated carbocycles. The summed E-state index contributed by atoms with van der Waals surface area (Å²) in [6.07, 6.45) is 6.12. The summed E-state index contributed by atoms with van der Waals surface area (Å²) >= 11 is 1.69. The number of carbonyl (C=O) groups excluding carboxylic acids is 1. The second-order valence-corrected chi connectivity index (χ2v) is 6.73. The topological polar surface area (TPSA) is 63.6 Å². The van der Waals surface area contributed by atoms with Crippen LogP contribution >= 0.6 is 11.8 Å². The summed E-state index contributed by atoms with van der Waals surface area (Å²) in [7, 11) is 0. The van der Waals surface area contributed by atoms with Crippen LogP contribution in [0.1, 0.15) is 59.7 Å². The predicted octanol–water partition coefficient (Wildman–Crippen LogP) is 4.03. The minimum Gasteiger partial charge on any atom is -0.493 e. The Hall–Kier alpha value is -1.49. The number of carboxylic acids is 1. The average molecular weight is 322 g/mol. The van der Waals surface area contributed by atoms with Crippen LogP contribution in [0.25, 0.3) is 0 Å². The van der Waals surface area contributed by atoms with Crippen LogP contribution in [0.15, 0.2) is 18.2 Å². The second kappa shape index (κ2) is 8.22. The number of Topliss-reactive ketones (excluding diaryl/α,β-unsaturated/α-hetero) is 1. The van der Waals surface area contributed by atoms with Crippen molar-refractivity contribution in [3.63, 3.8) is 0 Å². The van der Waals surface area contributed by atoms with Crippen LogP contribution in [-0.2, 0) is 0 Å². The van der Waals surface area contributed by atoms with E-state index in [1.54, 1.807) is 17.8 Å². The summed E-state index contributed by atoms with van der Waals surface area (Å²) in [5, 5.41) is 9.64. The van der Waals surface area contributed by atoms with Gasteiger partial charge in [0.2, 0.25) is 0 Å². The SMILES string of the molecule is CCOc1ccc(C(=O)O)cc1C(=O)CSC1CCCCC1. The molecule has 1 aromatic carbocycles. The molecule has 2 rings (SSSR count). The Balaban J connectivity index is 2.08. The Bertz CT molecular complexity index is 535. The van der Waals surface area contributed by atoms with Gasteiger partial charge < -0.3 is 9.84 Å². The first kappa shape index (κ1) is 16.9. The molecule has 4 nitrogen and oxygen atoms in total. The maximum atomic E-state index is 12.5. The van der Waals surface area contributed by atoms with E-state index < -0.39 is 5.97 Å². The zero-order chi connectivity index (χ0) is 15.9. The van der Waals surface area contributed by atoms with Crippen molar-refractivity contribution in [2.24, 2.45) is 0 Å². The monoisotopic (exact) mass is 322 g/mol. The van der Waals surface area contributed by atoms with Gasteiger partial charge in [-0.1, -0.05) is 19.3 Å². The summed E-state index contributed by atoms with van der Waals surface area (Å²) in [6.45, 7) is 2.29. The Morgan fingerprint density at radius 3 is 2.64 bits per heavy atom. The number of carboxylic acid groups (broad SMARTS) is 1. The maximum Gasteiger partial charge on any atom is 0.335 e. The van der Waals surface area contributed by atoms with Crippen molar-refractivity contribution < 1.29 is 19.4 Å². The molecule has 0 aliphatic heterocycles. The fourth-order valence-corrected chi connectivity index (χ4v) is 3.87. The molecular formula is C17H22O4S. The van der Waals surface area contributed by atoms with E-state index in [1.807, 2.05) is 6.92 Å². The molecule has 1 aliphatic carbocycles. The van der Waals surface area contributed by atoms with Crippen LogP contribution in [-0.4, -0.2) is 34.5 Å². The van der Waals surface area contributed by atoms with E-state index in [4.69, 9.17) is 9.84 Å². The fraction of sp³-hybridized carbons (Fsp3) is 0.529. The highest BCUT2D eigenvalue weighted by atomic mass is 32.2. The van der Waals surface area contributed by atoms with Crippen molar-refractivity contribution in [3.8, 4) is 5.75 Å². The number of hydrogen-bond acceptors (Lipinski definition) is 4. The van der Waals surface area contributed by atoms with Crippen molar-refractivity contribution in [3.05, 3.63) is 29.3 Å². The van der Waals surface area contributed by atoms with Gasteiger partial charge in [-0.05, 0) is 38.0 Å². The van der Waals surface area contributed by atoms with Gasteiger partial charge in [-0.3, -0.25) is 4.79 Å². The average Bonchev–Trinajstić information content (AvgIpc) is 2.54. The molecule has 0 heterocycles. The zero-order valence-corrected chi connectivity index (χ0v) is 13.7. The largest absolute Gasteiger partial charge is 0.493 e. The minimum atomic E-state index is -1.03. The third-order valence-electron chi connectivity index (χ3n) is 3.83. The first-order valence-electron chi connectivity index (χ1n) is 7.76. The highest BCUT2D eigenvalue weighted by Gasteiger charge is 2.19. The maximum absolute atomic E-state index is 12.5. The minimum absolute atomic E-state index is 0.0536. The van der Waals surface area contributed by atoms with E-state index in [2.05, 4.69) is 0 Å². The third kappa shape index (κ3) is 4.50. The number of rotatable bonds is 7. The van der Waals surface area contributed by atoms with Crippen molar-refractivity contribution >= 4 is 23.5 Å². The standard InChI is InChI=1S/C17H22O4S/c1-2-21-16-9-8-12(17(19)20)10-14(16)15(18)11-22-13-6-4-3-5-7-13/h8-10,13H,2-7,11H2,1H3,(H,19,20). The highest BCUT2D eigenvalue weighted by molar-refractivity contribution is 8.00. The Kier molecular flexibility index (Phi) is 6.31. The van der Waals surface area contributed by atoms with Crippen LogP contribution in [0, 0.1) is 0 Å². The summed E-state index contributed by atoms with van der Waals surface area (Å²) in [6, 6.07) is 4.47. The molecule has 120 valence electrons. The summed E-state index contributed by atoms with van der Waals surface area (Å²) in [5.41, 5.74) is 0.500. The van der Waals surface area contributed by atoms with E-state index in [9.17, 15) is 9.59 Å².